The fourth-order valence-electron chi connectivity index (χ4n) is 1.97. The third-order valence-corrected chi connectivity index (χ3v) is 4.60. The van der Waals surface area contributed by atoms with Crippen molar-refractivity contribution in [2.45, 2.75) is 19.5 Å². The van der Waals surface area contributed by atoms with E-state index in [0.29, 0.717) is 29.1 Å². The van der Waals surface area contributed by atoms with Crippen molar-refractivity contribution in [3.8, 4) is 11.5 Å². The van der Waals surface area contributed by atoms with E-state index < -0.39 is 0 Å². The van der Waals surface area contributed by atoms with Crippen LogP contribution in [0.25, 0.3) is 0 Å². The van der Waals surface area contributed by atoms with Gasteiger partial charge in [0.15, 0.2) is 11.5 Å². The molecule has 1 heterocycles. The normalized spacial score (nSPS) is 12.2. The molecule has 0 fully saturated rings. The largest absolute Gasteiger partial charge is 0.493 e. The van der Waals surface area contributed by atoms with Gasteiger partial charge in [-0.25, -0.2) is 0 Å². The van der Waals surface area contributed by atoms with Gasteiger partial charge in [-0.05, 0) is 30.0 Å². The predicted molar refractivity (Wildman–Crippen MR) is 84.1 cm³/mol. The summed E-state index contributed by atoms with van der Waals surface area (Å²) >= 11 is 8.10. The molecule has 5 heteroatoms. The first-order chi connectivity index (χ1) is 9.67. The Morgan fingerprint density at radius 2 is 2.05 bits per heavy atom. The second kappa shape index (κ2) is 6.97. The average Bonchev–Trinajstić information content (AvgIpc) is 2.99. The number of ether oxygens (including phenoxy) is 2. The van der Waals surface area contributed by atoms with Gasteiger partial charge in [-0.3, -0.25) is 0 Å². The first-order valence-corrected chi connectivity index (χ1v) is 7.59. The lowest BCUT2D eigenvalue weighted by Gasteiger charge is -2.16. The maximum atomic E-state index is 6.36. The monoisotopic (exact) mass is 311 g/mol. The van der Waals surface area contributed by atoms with Crippen LogP contribution in [0.15, 0.2) is 29.6 Å². The number of halogens is 1. The SMILES string of the molecule is COc1ccc(CNC(C)c2cccs2)c(Cl)c1OC. The van der Waals surface area contributed by atoms with Crippen LogP contribution in [0.3, 0.4) is 0 Å². The van der Waals surface area contributed by atoms with Crippen LogP contribution in [0, 0.1) is 0 Å². The predicted octanol–water partition coefficient (Wildman–Crippen LogP) is 4.27. The molecule has 0 bridgehead atoms. The number of benzene rings is 1. The van der Waals surface area contributed by atoms with Crippen molar-refractivity contribution in [1.29, 1.82) is 0 Å². The van der Waals surface area contributed by atoms with Crippen molar-refractivity contribution in [3.05, 3.63) is 45.1 Å². The average molecular weight is 312 g/mol. The molecular weight excluding hydrogens is 294 g/mol. The molecule has 2 aromatic rings. The molecule has 0 aliphatic heterocycles. The van der Waals surface area contributed by atoms with Crippen molar-refractivity contribution in [1.82, 2.24) is 5.32 Å². The van der Waals surface area contributed by atoms with Gasteiger partial charge in [0.05, 0.1) is 19.2 Å². The van der Waals surface area contributed by atoms with E-state index in [2.05, 4.69) is 29.8 Å². The molecule has 0 radical (unpaired) electrons. The fraction of sp³-hybridized carbons (Fsp3) is 0.333. The smallest absolute Gasteiger partial charge is 0.179 e. The maximum Gasteiger partial charge on any atom is 0.179 e. The van der Waals surface area contributed by atoms with Crippen LogP contribution in [0.1, 0.15) is 23.4 Å². The molecule has 2 rings (SSSR count). The highest BCUT2D eigenvalue weighted by molar-refractivity contribution is 7.10. The fourth-order valence-corrected chi connectivity index (χ4v) is 3.03. The Balaban J connectivity index is 2.10. The highest BCUT2D eigenvalue weighted by atomic mass is 35.5. The Morgan fingerprint density at radius 3 is 2.65 bits per heavy atom. The first kappa shape index (κ1) is 15.2. The Morgan fingerprint density at radius 1 is 1.25 bits per heavy atom. The van der Waals surface area contributed by atoms with E-state index >= 15 is 0 Å². The number of thiophene rings is 1. The second-order valence-corrected chi connectivity index (χ2v) is 5.75. The van der Waals surface area contributed by atoms with Crippen molar-refractivity contribution in [3.63, 3.8) is 0 Å². The molecule has 1 atom stereocenters. The zero-order valence-corrected chi connectivity index (χ0v) is 13.3. The van der Waals surface area contributed by atoms with Gasteiger partial charge in [0.2, 0.25) is 0 Å². The van der Waals surface area contributed by atoms with Gasteiger partial charge in [-0.15, -0.1) is 11.3 Å². The maximum absolute atomic E-state index is 6.36. The topological polar surface area (TPSA) is 30.5 Å². The quantitative estimate of drug-likeness (QED) is 0.864. The number of methoxy groups -OCH3 is 2. The van der Waals surface area contributed by atoms with Crippen LogP contribution in [0.2, 0.25) is 5.02 Å². The van der Waals surface area contributed by atoms with Gasteiger partial charge in [0.1, 0.15) is 0 Å². The van der Waals surface area contributed by atoms with E-state index in [1.54, 1.807) is 25.6 Å². The van der Waals surface area contributed by atoms with Crippen LogP contribution in [-0.4, -0.2) is 14.2 Å². The Hall–Kier alpha value is -1.23. The molecule has 0 spiro atoms. The van der Waals surface area contributed by atoms with Gasteiger partial charge in [0.25, 0.3) is 0 Å². The summed E-state index contributed by atoms with van der Waals surface area (Å²) in [6.07, 6.45) is 0. The lowest BCUT2D eigenvalue weighted by Crippen LogP contribution is -2.17. The molecule has 1 unspecified atom stereocenters. The van der Waals surface area contributed by atoms with Crippen molar-refractivity contribution < 1.29 is 9.47 Å². The van der Waals surface area contributed by atoms with Crippen molar-refractivity contribution in [2.75, 3.05) is 14.2 Å². The van der Waals surface area contributed by atoms with Gasteiger partial charge < -0.3 is 14.8 Å². The van der Waals surface area contributed by atoms with Crippen LogP contribution < -0.4 is 14.8 Å². The minimum absolute atomic E-state index is 0.291. The van der Waals surface area contributed by atoms with E-state index in [-0.39, 0.29) is 0 Å². The number of hydrogen-bond acceptors (Lipinski definition) is 4. The summed E-state index contributed by atoms with van der Waals surface area (Å²) in [4.78, 5) is 1.31. The van der Waals surface area contributed by atoms with Crippen LogP contribution in [0.4, 0.5) is 0 Å². The molecule has 0 saturated heterocycles. The van der Waals surface area contributed by atoms with Crippen molar-refractivity contribution in [2.24, 2.45) is 0 Å². The Kier molecular flexibility index (Phi) is 5.29. The second-order valence-electron chi connectivity index (χ2n) is 4.39. The van der Waals surface area contributed by atoms with Gasteiger partial charge >= 0.3 is 0 Å². The molecule has 1 aromatic heterocycles. The summed E-state index contributed by atoms with van der Waals surface area (Å²) in [6, 6.07) is 8.30. The van der Waals surface area contributed by atoms with E-state index in [4.69, 9.17) is 21.1 Å². The van der Waals surface area contributed by atoms with Gasteiger partial charge in [-0.1, -0.05) is 23.7 Å². The molecule has 0 aliphatic rings. The van der Waals surface area contributed by atoms with Gasteiger partial charge in [-0.2, -0.15) is 0 Å². The van der Waals surface area contributed by atoms with E-state index in [1.807, 2.05) is 12.1 Å². The first-order valence-electron chi connectivity index (χ1n) is 6.33. The zero-order valence-electron chi connectivity index (χ0n) is 11.8. The minimum atomic E-state index is 0.291. The number of nitrogens with one attached hydrogen (secondary N) is 1. The Bertz CT molecular complexity index is 557. The standard InChI is InChI=1S/C15H18ClNO2S/c1-10(13-5-4-8-20-13)17-9-11-6-7-12(18-2)15(19-3)14(11)16/h4-8,10,17H,9H2,1-3H3. The highest BCUT2D eigenvalue weighted by Gasteiger charge is 2.14. The Labute approximate surface area is 128 Å². The van der Waals surface area contributed by atoms with E-state index in [9.17, 15) is 0 Å². The molecular formula is C15H18ClNO2S. The summed E-state index contributed by atoms with van der Waals surface area (Å²) in [6.45, 7) is 2.82. The summed E-state index contributed by atoms with van der Waals surface area (Å²) in [5.74, 6) is 1.23. The third kappa shape index (κ3) is 3.26. The summed E-state index contributed by atoms with van der Waals surface area (Å²) < 4.78 is 10.5. The van der Waals surface area contributed by atoms with E-state index in [1.165, 1.54) is 4.88 Å². The lowest BCUT2D eigenvalue weighted by atomic mass is 10.1. The van der Waals surface area contributed by atoms with Crippen molar-refractivity contribution >= 4 is 22.9 Å². The molecule has 1 N–H and O–H groups in total. The van der Waals surface area contributed by atoms with Crippen LogP contribution in [-0.2, 0) is 6.54 Å². The molecule has 20 heavy (non-hydrogen) atoms. The highest BCUT2D eigenvalue weighted by Crippen LogP contribution is 2.37. The minimum Gasteiger partial charge on any atom is -0.493 e. The van der Waals surface area contributed by atoms with Crippen LogP contribution in [0.5, 0.6) is 11.5 Å². The van der Waals surface area contributed by atoms with E-state index in [0.717, 1.165) is 5.56 Å². The lowest BCUT2D eigenvalue weighted by molar-refractivity contribution is 0.354. The third-order valence-electron chi connectivity index (χ3n) is 3.13. The summed E-state index contributed by atoms with van der Waals surface area (Å²) in [5.41, 5.74) is 0.993. The summed E-state index contributed by atoms with van der Waals surface area (Å²) in [7, 11) is 3.19. The number of rotatable bonds is 6. The molecule has 0 saturated carbocycles. The summed E-state index contributed by atoms with van der Waals surface area (Å²) in [5, 5.41) is 6.14. The molecule has 0 amide bonds. The van der Waals surface area contributed by atoms with Gasteiger partial charge in [0, 0.05) is 17.5 Å². The van der Waals surface area contributed by atoms with Crippen LogP contribution >= 0.6 is 22.9 Å². The number of hydrogen-bond donors (Lipinski definition) is 1. The molecule has 0 aliphatic carbocycles. The molecule has 3 nitrogen and oxygen atoms in total. The molecule has 1 aromatic carbocycles. The zero-order chi connectivity index (χ0) is 14.5. The molecule has 108 valence electrons.